The maximum absolute atomic E-state index is 13.4. The van der Waals surface area contributed by atoms with Crippen LogP contribution >= 0.6 is 11.6 Å². The van der Waals surface area contributed by atoms with Crippen LogP contribution in [0.1, 0.15) is 15.9 Å². The topological polar surface area (TPSA) is 78.7 Å². The number of carbonyl (C=O) groups is 1. The molecule has 0 aliphatic heterocycles. The minimum Gasteiger partial charge on any atom is -0.465 e. The number of benzene rings is 2. The molecule has 0 aliphatic rings. The van der Waals surface area contributed by atoms with E-state index in [1.54, 1.807) is 0 Å². The molecule has 0 spiro atoms. The number of nitro groups is 1. The van der Waals surface area contributed by atoms with Gasteiger partial charge in [0.25, 0.3) is 5.69 Å². The van der Waals surface area contributed by atoms with Crippen LogP contribution < -0.4 is 4.74 Å². The van der Waals surface area contributed by atoms with Gasteiger partial charge in [0.05, 0.1) is 17.1 Å². The van der Waals surface area contributed by atoms with E-state index in [-0.39, 0.29) is 11.5 Å². The van der Waals surface area contributed by atoms with E-state index in [9.17, 15) is 36.9 Å². The predicted octanol–water partition coefficient (Wildman–Crippen LogP) is 5.48. The number of ether oxygens (including phenoxy) is 2. The number of nitro benzene ring substituents is 1. The third kappa shape index (κ3) is 4.14. The monoisotopic (exact) mass is 425 g/mol. The van der Waals surface area contributed by atoms with Crippen molar-refractivity contribution >= 4 is 23.3 Å². The van der Waals surface area contributed by atoms with Crippen LogP contribution in [0, 0.1) is 10.1 Å². The smallest absolute Gasteiger partial charge is 0.458 e. The molecule has 0 heterocycles. The zero-order valence-corrected chi connectivity index (χ0v) is 14.5. The van der Waals surface area contributed by atoms with E-state index < -0.39 is 44.8 Å². The number of halogens is 6. The summed E-state index contributed by atoms with van der Waals surface area (Å²) in [5, 5.41) is 10.4. The average Bonchev–Trinajstić information content (AvgIpc) is 2.61. The van der Waals surface area contributed by atoms with Crippen LogP contribution in [0.5, 0.6) is 11.5 Å². The molecule has 12 heteroatoms. The number of carbonyl (C=O) groups excluding carboxylic acids is 1. The van der Waals surface area contributed by atoms with Crippen LogP contribution in [-0.4, -0.2) is 24.2 Å². The largest absolute Gasteiger partial charge is 0.465 e. The molecule has 0 amide bonds. The highest BCUT2D eigenvalue weighted by molar-refractivity contribution is 6.32. The van der Waals surface area contributed by atoms with Gasteiger partial charge < -0.3 is 9.47 Å². The number of rotatable bonds is 5. The summed E-state index contributed by atoms with van der Waals surface area (Å²) >= 11 is 5.72. The Morgan fingerprint density at radius 3 is 2.25 bits per heavy atom. The number of nitrogens with zero attached hydrogens (tertiary/aromatic N) is 1. The Morgan fingerprint density at radius 1 is 1.11 bits per heavy atom. The Labute approximate surface area is 158 Å². The highest BCUT2D eigenvalue weighted by Gasteiger charge is 2.58. The molecule has 2 aromatic rings. The first-order valence-corrected chi connectivity index (χ1v) is 7.55. The molecule has 150 valence electrons. The van der Waals surface area contributed by atoms with E-state index in [1.807, 2.05) is 0 Å². The van der Waals surface area contributed by atoms with Crippen LogP contribution in [-0.2, 0) is 10.7 Å². The maximum atomic E-state index is 13.4. The quantitative estimate of drug-likeness (QED) is 0.274. The molecule has 0 saturated carbocycles. The molecule has 0 aliphatic carbocycles. The molecule has 2 aromatic carbocycles. The molecule has 2 rings (SSSR count). The lowest BCUT2D eigenvalue weighted by Crippen LogP contribution is -2.33. The molecule has 0 fully saturated rings. The Morgan fingerprint density at radius 2 is 1.75 bits per heavy atom. The van der Waals surface area contributed by atoms with Crippen molar-refractivity contribution < 1.29 is 41.1 Å². The standard InChI is InChI=1S/C16H9ClF5NO5/c1-27-14(24)10-7-9(3-4-12(10)23(25)26)28-13-5-2-8(6-11(13)17)15(18,19)16(20,21)22/h2-7H,1H3. The lowest BCUT2D eigenvalue weighted by atomic mass is 10.1. The zero-order chi connectivity index (χ0) is 21.3. The van der Waals surface area contributed by atoms with Crippen LogP contribution in [0.3, 0.4) is 0 Å². The minimum absolute atomic E-state index is 0.164. The molecule has 0 N–H and O–H groups in total. The van der Waals surface area contributed by atoms with Gasteiger partial charge in [0.1, 0.15) is 17.1 Å². The van der Waals surface area contributed by atoms with Crippen molar-refractivity contribution in [2.75, 3.05) is 7.11 Å². The van der Waals surface area contributed by atoms with E-state index in [0.717, 1.165) is 31.4 Å². The highest BCUT2D eigenvalue weighted by atomic mass is 35.5. The van der Waals surface area contributed by atoms with Gasteiger partial charge in [-0.2, -0.15) is 22.0 Å². The number of methoxy groups -OCH3 is 1. The minimum atomic E-state index is -5.81. The first kappa shape index (κ1) is 21.4. The summed E-state index contributed by atoms with van der Waals surface area (Å²) in [7, 11) is 0.996. The third-order valence-electron chi connectivity index (χ3n) is 3.45. The van der Waals surface area contributed by atoms with Gasteiger partial charge in [0, 0.05) is 17.7 Å². The van der Waals surface area contributed by atoms with Gasteiger partial charge in [-0.15, -0.1) is 0 Å². The van der Waals surface area contributed by atoms with Gasteiger partial charge in [-0.25, -0.2) is 4.79 Å². The van der Waals surface area contributed by atoms with Crippen LogP contribution in [0.4, 0.5) is 27.6 Å². The number of alkyl halides is 5. The fourth-order valence-electron chi connectivity index (χ4n) is 2.08. The lowest BCUT2D eigenvalue weighted by molar-refractivity contribution is -0.385. The Hall–Kier alpha value is -2.95. The summed E-state index contributed by atoms with van der Waals surface area (Å²) in [5.74, 6) is -6.64. The summed E-state index contributed by atoms with van der Waals surface area (Å²) in [6, 6.07) is 4.59. The van der Waals surface area contributed by atoms with Crippen molar-refractivity contribution in [2.24, 2.45) is 0 Å². The second-order valence-electron chi connectivity index (χ2n) is 5.25. The Bertz CT molecular complexity index is 932. The molecule has 0 aromatic heterocycles. The second kappa shape index (κ2) is 7.58. The molecular formula is C16H9ClF5NO5. The first-order chi connectivity index (χ1) is 12.9. The molecule has 28 heavy (non-hydrogen) atoms. The van der Waals surface area contributed by atoms with Crippen molar-refractivity contribution in [1.82, 2.24) is 0 Å². The SMILES string of the molecule is COC(=O)c1cc(Oc2ccc(C(F)(F)C(F)(F)F)cc2Cl)ccc1[N+](=O)[O-]. The van der Waals surface area contributed by atoms with Crippen molar-refractivity contribution in [3.8, 4) is 11.5 Å². The molecule has 0 unspecified atom stereocenters. The predicted molar refractivity (Wildman–Crippen MR) is 85.9 cm³/mol. The maximum Gasteiger partial charge on any atom is 0.458 e. The number of hydrogen-bond acceptors (Lipinski definition) is 5. The van der Waals surface area contributed by atoms with E-state index in [1.165, 1.54) is 0 Å². The van der Waals surface area contributed by atoms with E-state index in [2.05, 4.69) is 4.74 Å². The Kier molecular flexibility index (Phi) is 5.78. The molecule has 0 saturated heterocycles. The van der Waals surface area contributed by atoms with E-state index >= 15 is 0 Å². The summed E-state index contributed by atoms with van der Waals surface area (Å²) in [4.78, 5) is 21.8. The average molecular weight is 426 g/mol. The molecule has 0 radical (unpaired) electrons. The van der Waals surface area contributed by atoms with Crippen molar-refractivity contribution in [2.45, 2.75) is 12.1 Å². The molecule has 6 nitrogen and oxygen atoms in total. The van der Waals surface area contributed by atoms with E-state index in [0.29, 0.717) is 12.1 Å². The lowest BCUT2D eigenvalue weighted by Gasteiger charge is -2.20. The first-order valence-electron chi connectivity index (χ1n) is 7.17. The van der Waals surface area contributed by atoms with Crippen LogP contribution in [0.2, 0.25) is 5.02 Å². The van der Waals surface area contributed by atoms with Gasteiger partial charge >= 0.3 is 18.1 Å². The van der Waals surface area contributed by atoms with Gasteiger partial charge in [-0.05, 0) is 24.3 Å². The highest BCUT2D eigenvalue weighted by Crippen LogP contribution is 2.45. The summed E-state index contributed by atoms with van der Waals surface area (Å²) in [5.41, 5.74) is -2.43. The van der Waals surface area contributed by atoms with E-state index in [4.69, 9.17) is 16.3 Å². The normalized spacial score (nSPS) is 11.8. The summed E-state index contributed by atoms with van der Waals surface area (Å²) in [6.45, 7) is 0. The van der Waals surface area contributed by atoms with Crippen molar-refractivity contribution in [3.05, 3.63) is 62.7 Å². The van der Waals surface area contributed by atoms with Gasteiger partial charge in [-0.3, -0.25) is 10.1 Å². The molecule has 0 bridgehead atoms. The third-order valence-corrected chi connectivity index (χ3v) is 3.74. The van der Waals surface area contributed by atoms with Crippen LogP contribution in [0.25, 0.3) is 0 Å². The van der Waals surface area contributed by atoms with Gasteiger partial charge in [0.2, 0.25) is 0 Å². The summed E-state index contributed by atoms with van der Waals surface area (Å²) in [6.07, 6.45) is -5.81. The molecule has 0 atom stereocenters. The fourth-order valence-corrected chi connectivity index (χ4v) is 2.30. The van der Waals surface area contributed by atoms with Crippen molar-refractivity contribution in [3.63, 3.8) is 0 Å². The number of esters is 1. The van der Waals surface area contributed by atoms with Crippen LogP contribution in [0.15, 0.2) is 36.4 Å². The summed E-state index contributed by atoms with van der Waals surface area (Å²) < 4.78 is 73.7. The Balaban J connectivity index is 2.39. The number of hydrogen-bond donors (Lipinski definition) is 0. The zero-order valence-electron chi connectivity index (χ0n) is 13.7. The van der Waals surface area contributed by atoms with Gasteiger partial charge in [0.15, 0.2) is 0 Å². The molecular weight excluding hydrogens is 417 g/mol. The fraction of sp³-hybridized carbons (Fsp3) is 0.188. The van der Waals surface area contributed by atoms with Gasteiger partial charge in [-0.1, -0.05) is 11.6 Å². The van der Waals surface area contributed by atoms with Crippen molar-refractivity contribution in [1.29, 1.82) is 0 Å². The second-order valence-corrected chi connectivity index (χ2v) is 5.65.